The van der Waals surface area contributed by atoms with Crippen LogP contribution in [0, 0.1) is 12.7 Å². The fraction of sp³-hybridized carbons (Fsp3) is 0.240. The summed E-state index contributed by atoms with van der Waals surface area (Å²) in [4.78, 5) is 14.4. The Hall–Kier alpha value is -3.38. The number of anilines is 1. The largest absolute Gasteiger partial charge is 0.491 e. The molecule has 0 fully saturated rings. The van der Waals surface area contributed by atoms with Crippen LogP contribution < -0.4 is 10.1 Å². The highest BCUT2D eigenvalue weighted by Crippen LogP contribution is 2.25. The average Bonchev–Trinajstić information content (AvgIpc) is 2.97. The number of fused-ring (bicyclic) bond motifs is 1. The maximum atomic E-state index is 13.4. The van der Waals surface area contributed by atoms with Crippen LogP contribution in [0.4, 0.5) is 14.9 Å². The van der Waals surface area contributed by atoms with Crippen molar-refractivity contribution in [3.8, 4) is 5.75 Å². The lowest BCUT2D eigenvalue weighted by Crippen LogP contribution is -2.36. The van der Waals surface area contributed by atoms with Crippen LogP contribution >= 0.6 is 0 Å². The predicted molar refractivity (Wildman–Crippen MR) is 117 cm³/mol. The number of urea groups is 1. The second kappa shape index (κ2) is 9.62. The Morgan fingerprint density at radius 3 is 2.65 bits per heavy atom. The first-order valence-electron chi connectivity index (χ1n) is 10.3. The van der Waals surface area contributed by atoms with E-state index in [4.69, 9.17) is 9.47 Å². The lowest BCUT2D eigenvalue weighted by atomic mass is 10.1. The van der Waals surface area contributed by atoms with Crippen LogP contribution in [0.2, 0.25) is 0 Å². The molecule has 0 spiro atoms. The number of aryl methyl sites for hydroxylation is 1. The van der Waals surface area contributed by atoms with Crippen LogP contribution in [-0.2, 0) is 24.5 Å². The molecular weight excluding hydrogens is 395 g/mol. The molecule has 0 unspecified atom stereocenters. The Labute approximate surface area is 181 Å². The summed E-state index contributed by atoms with van der Waals surface area (Å²) >= 11 is 0. The van der Waals surface area contributed by atoms with E-state index < -0.39 is 5.82 Å². The Morgan fingerprint density at radius 2 is 1.84 bits per heavy atom. The SMILES string of the molecule is Cc1ccc(COCc2ccc3c(c2)CN(C(=O)Nc2cccc(F)c2)CCO3)cc1. The zero-order valence-corrected chi connectivity index (χ0v) is 17.4. The van der Waals surface area contributed by atoms with Crippen LogP contribution in [0.3, 0.4) is 0 Å². The minimum atomic E-state index is -0.391. The molecule has 0 saturated heterocycles. The molecule has 0 aliphatic carbocycles. The van der Waals surface area contributed by atoms with Gasteiger partial charge in [-0.2, -0.15) is 0 Å². The molecule has 3 aromatic rings. The number of rotatable bonds is 5. The first-order chi connectivity index (χ1) is 15.1. The van der Waals surface area contributed by atoms with Gasteiger partial charge in [-0.15, -0.1) is 0 Å². The molecule has 0 aromatic heterocycles. The third kappa shape index (κ3) is 5.61. The van der Waals surface area contributed by atoms with E-state index in [0.717, 1.165) is 22.4 Å². The molecule has 1 N–H and O–H groups in total. The Kier molecular flexibility index (Phi) is 6.48. The first-order valence-corrected chi connectivity index (χ1v) is 10.3. The number of ether oxygens (including phenoxy) is 2. The monoisotopic (exact) mass is 420 g/mol. The zero-order valence-electron chi connectivity index (χ0n) is 17.4. The van der Waals surface area contributed by atoms with Gasteiger partial charge < -0.3 is 19.7 Å². The number of nitrogens with one attached hydrogen (secondary N) is 1. The van der Waals surface area contributed by atoms with Gasteiger partial charge in [-0.05, 0) is 48.4 Å². The van der Waals surface area contributed by atoms with Gasteiger partial charge in [-0.3, -0.25) is 0 Å². The fourth-order valence-corrected chi connectivity index (χ4v) is 3.45. The molecule has 3 aromatic carbocycles. The normalized spacial score (nSPS) is 13.2. The van der Waals surface area contributed by atoms with Crippen molar-refractivity contribution in [1.29, 1.82) is 0 Å². The molecule has 4 rings (SSSR count). The van der Waals surface area contributed by atoms with Gasteiger partial charge in [-0.25, -0.2) is 9.18 Å². The second-order valence-electron chi connectivity index (χ2n) is 7.63. The minimum Gasteiger partial charge on any atom is -0.491 e. The van der Waals surface area contributed by atoms with E-state index in [9.17, 15) is 9.18 Å². The van der Waals surface area contributed by atoms with Gasteiger partial charge in [0.05, 0.1) is 26.3 Å². The Morgan fingerprint density at radius 1 is 1.06 bits per heavy atom. The van der Waals surface area contributed by atoms with Crippen molar-refractivity contribution in [3.63, 3.8) is 0 Å². The van der Waals surface area contributed by atoms with Crippen molar-refractivity contribution in [2.24, 2.45) is 0 Å². The van der Waals surface area contributed by atoms with Gasteiger partial charge in [0, 0.05) is 11.3 Å². The Bertz CT molecular complexity index is 1050. The van der Waals surface area contributed by atoms with Crippen LogP contribution in [0.15, 0.2) is 66.7 Å². The van der Waals surface area contributed by atoms with Crippen LogP contribution in [0.1, 0.15) is 22.3 Å². The Balaban J connectivity index is 1.39. The number of amides is 2. The number of hydrogen-bond donors (Lipinski definition) is 1. The van der Waals surface area contributed by atoms with Crippen molar-refractivity contribution in [2.75, 3.05) is 18.5 Å². The van der Waals surface area contributed by atoms with Gasteiger partial charge >= 0.3 is 6.03 Å². The van der Waals surface area contributed by atoms with Crippen LogP contribution in [-0.4, -0.2) is 24.1 Å². The molecule has 1 aliphatic rings. The summed E-state index contributed by atoms with van der Waals surface area (Å²) in [5.74, 6) is 0.376. The van der Waals surface area contributed by atoms with Crippen molar-refractivity contribution in [2.45, 2.75) is 26.7 Å². The van der Waals surface area contributed by atoms with Crippen molar-refractivity contribution < 1.29 is 18.7 Å². The standard InChI is InChI=1S/C25H25FN2O3/c1-18-5-7-19(8-6-18)16-30-17-20-9-10-24-21(13-20)15-28(11-12-31-24)25(29)27-23-4-2-3-22(26)14-23/h2-10,13-14H,11-12,15-17H2,1H3,(H,27,29). The molecular formula is C25H25FN2O3. The van der Waals surface area contributed by atoms with E-state index in [1.54, 1.807) is 17.0 Å². The summed E-state index contributed by atoms with van der Waals surface area (Å²) in [6, 6.07) is 19.8. The summed E-state index contributed by atoms with van der Waals surface area (Å²) in [7, 11) is 0. The molecule has 0 bridgehead atoms. The number of halogens is 1. The first kappa shape index (κ1) is 20.9. The van der Waals surface area contributed by atoms with E-state index in [1.165, 1.54) is 17.7 Å². The molecule has 31 heavy (non-hydrogen) atoms. The van der Waals surface area contributed by atoms with E-state index in [-0.39, 0.29) is 6.03 Å². The fourth-order valence-electron chi connectivity index (χ4n) is 3.45. The van der Waals surface area contributed by atoms with E-state index in [2.05, 4.69) is 36.5 Å². The molecule has 6 heteroatoms. The molecule has 0 radical (unpaired) electrons. The highest BCUT2D eigenvalue weighted by Gasteiger charge is 2.20. The zero-order chi connectivity index (χ0) is 21.6. The maximum Gasteiger partial charge on any atom is 0.322 e. The van der Waals surface area contributed by atoms with Gasteiger partial charge in [0.25, 0.3) is 0 Å². The summed E-state index contributed by atoms with van der Waals surface area (Å²) < 4.78 is 25.1. The molecule has 160 valence electrons. The molecule has 5 nitrogen and oxygen atoms in total. The number of carbonyl (C=O) groups is 1. The van der Waals surface area contributed by atoms with Crippen molar-refractivity contribution in [1.82, 2.24) is 4.90 Å². The van der Waals surface area contributed by atoms with E-state index in [1.807, 2.05) is 18.2 Å². The molecule has 1 heterocycles. The third-order valence-corrected chi connectivity index (χ3v) is 5.13. The minimum absolute atomic E-state index is 0.289. The van der Waals surface area contributed by atoms with Crippen LogP contribution in [0.5, 0.6) is 5.75 Å². The number of hydrogen-bond acceptors (Lipinski definition) is 3. The van der Waals surface area contributed by atoms with Gasteiger partial charge in [-0.1, -0.05) is 42.0 Å². The summed E-state index contributed by atoms with van der Waals surface area (Å²) in [6.45, 7) is 4.31. The summed E-state index contributed by atoms with van der Waals surface area (Å²) in [6.07, 6.45) is 0. The smallest absolute Gasteiger partial charge is 0.322 e. The molecule has 1 aliphatic heterocycles. The van der Waals surface area contributed by atoms with Crippen molar-refractivity contribution in [3.05, 3.63) is 94.8 Å². The van der Waals surface area contributed by atoms with Gasteiger partial charge in [0.2, 0.25) is 0 Å². The third-order valence-electron chi connectivity index (χ3n) is 5.13. The van der Waals surface area contributed by atoms with E-state index >= 15 is 0 Å². The summed E-state index contributed by atoms with van der Waals surface area (Å²) in [5.41, 5.74) is 4.71. The quantitative estimate of drug-likeness (QED) is 0.611. The highest BCUT2D eigenvalue weighted by atomic mass is 19.1. The second-order valence-corrected chi connectivity index (χ2v) is 7.63. The average molecular weight is 420 g/mol. The maximum absolute atomic E-state index is 13.4. The molecule has 0 saturated carbocycles. The number of nitrogens with zero attached hydrogens (tertiary/aromatic N) is 1. The van der Waals surface area contributed by atoms with Crippen molar-refractivity contribution >= 4 is 11.7 Å². The number of benzene rings is 3. The predicted octanol–water partition coefficient (Wildman–Crippen LogP) is 5.28. The van der Waals surface area contributed by atoms with E-state index in [0.29, 0.717) is 38.6 Å². The lowest BCUT2D eigenvalue weighted by Gasteiger charge is -2.20. The van der Waals surface area contributed by atoms with Gasteiger partial charge in [0.1, 0.15) is 18.2 Å². The number of carbonyl (C=O) groups excluding carboxylic acids is 1. The highest BCUT2D eigenvalue weighted by molar-refractivity contribution is 5.89. The molecule has 2 amide bonds. The van der Waals surface area contributed by atoms with Crippen LogP contribution in [0.25, 0.3) is 0 Å². The summed E-state index contributed by atoms with van der Waals surface area (Å²) in [5, 5.41) is 2.75. The van der Waals surface area contributed by atoms with Gasteiger partial charge in [0.15, 0.2) is 0 Å². The topological polar surface area (TPSA) is 50.8 Å². The molecule has 0 atom stereocenters. The lowest BCUT2D eigenvalue weighted by molar-refractivity contribution is 0.107.